The second-order valence-electron chi connectivity index (χ2n) is 6.23. The highest BCUT2D eigenvalue weighted by molar-refractivity contribution is 7.90. The fourth-order valence-electron chi connectivity index (χ4n) is 3.05. The molecule has 0 aliphatic carbocycles. The Hall–Kier alpha value is -1.89. The van der Waals surface area contributed by atoms with Gasteiger partial charge in [-0.2, -0.15) is 0 Å². The number of rotatable bonds is 2. The van der Waals surface area contributed by atoms with Crippen molar-refractivity contribution in [2.24, 2.45) is 4.99 Å². The minimum absolute atomic E-state index is 0.0460. The molecule has 22 heavy (non-hydrogen) atoms. The lowest BCUT2D eigenvalue weighted by atomic mass is 10.0. The average Bonchev–Trinajstić information content (AvgIpc) is 2.94. The summed E-state index contributed by atoms with van der Waals surface area (Å²) in [5.41, 5.74) is 0.376. The molecule has 0 atom stereocenters. The minimum atomic E-state index is -3.55. The monoisotopic (exact) mass is 321 g/mol. The largest absolute Gasteiger partial charge is 0.336 e. The summed E-state index contributed by atoms with van der Waals surface area (Å²) in [6, 6.07) is 6.64. The number of nitrogens with one attached hydrogen (secondary N) is 1. The summed E-state index contributed by atoms with van der Waals surface area (Å²) in [5.74, 6) is 0.180. The number of amides is 1. The maximum absolute atomic E-state index is 12.3. The van der Waals surface area contributed by atoms with Crippen LogP contribution in [0.25, 0.3) is 0 Å². The van der Waals surface area contributed by atoms with Crippen LogP contribution < -0.4 is 4.72 Å². The van der Waals surface area contributed by atoms with E-state index in [1.165, 1.54) is 6.07 Å². The number of aliphatic imine (C=N–C) groups is 1. The third-order valence-corrected chi connectivity index (χ3v) is 5.63. The summed E-state index contributed by atoms with van der Waals surface area (Å²) in [6.07, 6.45) is 1.97. The van der Waals surface area contributed by atoms with Crippen LogP contribution in [0.2, 0.25) is 0 Å². The lowest BCUT2D eigenvalue weighted by Crippen LogP contribution is -2.44. The van der Waals surface area contributed by atoms with Crippen LogP contribution in [0.3, 0.4) is 0 Å². The number of fused-ring (bicyclic) bond motifs is 1. The van der Waals surface area contributed by atoms with Gasteiger partial charge in [0, 0.05) is 17.6 Å². The van der Waals surface area contributed by atoms with E-state index in [2.05, 4.69) is 9.71 Å². The smallest absolute Gasteiger partial charge is 0.263 e. The fraction of sp³-hybridized carbons (Fsp3) is 0.467. The van der Waals surface area contributed by atoms with Crippen molar-refractivity contribution < 1.29 is 13.2 Å². The molecule has 1 N–H and O–H groups in total. The predicted octanol–water partition coefficient (Wildman–Crippen LogP) is 1.13. The zero-order valence-corrected chi connectivity index (χ0v) is 13.5. The molecule has 0 aromatic heterocycles. The molecule has 1 saturated heterocycles. The lowest BCUT2D eigenvalue weighted by molar-refractivity contribution is -0.132. The molecule has 0 bridgehead atoms. The van der Waals surface area contributed by atoms with Gasteiger partial charge in [0.1, 0.15) is 12.4 Å². The highest BCUT2D eigenvalue weighted by Crippen LogP contribution is 2.28. The molecule has 118 valence electrons. The van der Waals surface area contributed by atoms with Crippen LogP contribution in [0.1, 0.15) is 32.3 Å². The van der Waals surface area contributed by atoms with E-state index in [0.29, 0.717) is 5.56 Å². The van der Waals surface area contributed by atoms with Crippen LogP contribution in [0.5, 0.6) is 0 Å². The summed E-state index contributed by atoms with van der Waals surface area (Å²) in [6.45, 7) is 4.77. The van der Waals surface area contributed by atoms with Crippen LogP contribution in [-0.4, -0.2) is 43.7 Å². The summed E-state index contributed by atoms with van der Waals surface area (Å²) >= 11 is 0. The second kappa shape index (κ2) is 5.08. The SMILES string of the molecule is CC1(C)CCCN1C(=O)CN=C1NS(=O)(=O)c2ccccc21. The Morgan fingerprint density at radius 3 is 2.77 bits per heavy atom. The highest BCUT2D eigenvalue weighted by atomic mass is 32.2. The normalized spacial score (nSPS) is 23.4. The van der Waals surface area contributed by atoms with Gasteiger partial charge in [0.05, 0.1) is 4.90 Å². The van der Waals surface area contributed by atoms with Gasteiger partial charge >= 0.3 is 0 Å². The van der Waals surface area contributed by atoms with Gasteiger partial charge in [-0.05, 0) is 38.8 Å². The van der Waals surface area contributed by atoms with E-state index in [9.17, 15) is 13.2 Å². The third-order valence-electron chi connectivity index (χ3n) is 4.24. The molecule has 7 heteroatoms. The molecular formula is C15H19N3O3S. The molecule has 1 fully saturated rings. The summed E-state index contributed by atoms with van der Waals surface area (Å²) in [5, 5.41) is 0. The molecule has 0 saturated carbocycles. The number of amidine groups is 1. The standard InChI is InChI=1S/C15H19N3O3S/c1-15(2)8-5-9-18(15)13(19)10-16-14-11-6-3-4-7-12(11)22(20,21)17-14/h3-4,6-7H,5,8-10H2,1-2H3,(H,16,17). The summed E-state index contributed by atoms with van der Waals surface area (Å²) in [4.78, 5) is 18.6. The van der Waals surface area contributed by atoms with Crippen LogP contribution in [0.15, 0.2) is 34.2 Å². The topological polar surface area (TPSA) is 78.8 Å². The quantitative estimate of drug-likeness (QED) is 0.887. The number of carbonyl (C=O) groups excluding carboxylic acids is 1. The first-order chi connectivity index (χ1) is 10.3. The molecule has 1 amide bonds. The maximum Gasteiger partial charge on any atom is 0.263 e. The zero-order chi connectivity index (χ0) is 16.0. The van der Waals surface area contributed by atoms with Crippen LogP contribution in [0, 0.1) is 0 Å². The number of hydrogen-bond acceptors (Lipinski definition) is 4. The minimum Gasteiger partial charge on any atom is -0.336 e. The maximum atomic E-state index is 12.3. The van der Waals surface area contributed by atoms with Crippen molar-refractivity contribution in [1.82, 2.24) is 9.62 Å². The van der Waals surface area contributed by atoms with Crippen molar-refractivity contribution in [1.29, 1.82) is 0 Å². The van der Waals surface area contributed by atoms with Crippen molar-refractivity contribution in [3.63, 3.8) is 0 Å². The molecule has 1 aromatic carbocycles. The van der Waals surface area contributed by atoms with Gasteiger partial charge in [-0.25, -0.2) is 8.42 Å². The number of sulfonamides is 1. The Morgan fingerprint density at radius 1 is 1.36 bits per heavy atom. The van der Waals surface area contributed by atoms with Crippen LogP contribution >= 0.6 is 0 Å². The lowest BCUT2D eigenvalue weighted by Gasteiger charge is -2.31. The van der Waals surface area contributed by atoms with Gasteiger partial charge in [0.15, 0.2) is 0 Å². The first kappa shape index (κ1) is 15.0. The average molecular weight is 321 g/mol. The number of likely N-dealkylation sites (tertiary alicyclic amines) is 1. The van der Waals surface area contributed by atoms with Gasteiger partial charge in [-0.3, -0.25) is 14.5 Å². The molecule has 0 radical (unpaired) electrons. The Bertz CT molecular complexity index is 753. The third kappa shape index (κ3) is 2.49. The predicted molar refractivity (Wildman–Crippen MR) is 83.2 cm³/mol. The van der Waals surface area contributed by atoms with Crippen LogP contribution in [-0.2, 0) is 14.8 Å². The van der Waals surface area contributed by atoms with Gasteiger partial charge in [-0.15, -0.1) is 0 Å². The van der Waals surface area contributed by atoms with Crippen molar-refractivity contribution >= 4 is 21.8 Å². The van der Waals surface area contributed by atoms with Crippen molar-refractivity contribution in [2.45, 2.75) is 37.1 Å². The number of benzene rings is 1. The Balaban J connectivity index is 1.82. The molecular weight excluding hydrogens is 302 g/mol. The first-order valence-corrected chi connectivity index (χ1v) is 8.77. The van der Waals surface area contributed by atoms with E-state index in [4.69, 9.17) is 0 Å². The molecule has 3 rings (SSSR count). The number of nitrogens with zero attached hydrogens (tertiary/aromatic N) is 2. The first-order valence-electron chi connectivity index (χ1n) is 7.28. The zero-order valence-electron chi connectivity index (χ0n) is 12.7. The number of carbonyl (C=O) groups is 1. The molecule has 6 nitrogen and oxygen atoms in total. The highest BCUT2D eigenvalue weighted by Gasteiger charge is 2.35. The van der Waals surface area contributed by atoms with Gasteiger partial charge in [0.25, 0.3) is 10.0 Å². The van der Waals surface area contributed by atoms with E-state index in [-0.39, 0.29) is 28.7 Å². The Labute approximate surface area is 130 Å². The molecule has 2 heterocycles. The molecule has 2 aliphatic rings. The number of hydrogen-bond donors (Lipinski definition) is 1. The van der Waals surface area contributed by atoms with E-state index in [1.807, 2.05) is 18.7 Å². The van der Waals surface area contributed by atoms with E-state index >= 15 is 0 Å². The van der Waals surface area contributed by atoms with Crippen molar-refractivity contribution in [2.75, 3.05) is 13.1 Å². The second-order valence-corrected chi connectivity index (χ2v) is 7.88. The van der Waals surface area contributed by atoms with Crippen LogP contribution in [0.4, 0.5) is 0 Å². The Kier molecular flexibility index (Phi) is 3.47. The van der Waals surface area contributed by atoms with E-state index in [0.717, 1.165) is 19.4 Å². The van der Waals surface area contributed by atoms with Gasteiger partial charge in [-0.1, -0.05) is 12.1 Å². The molecule has 0 unspecified atom stereocenters. The summed E-state index contributed by atoms with van der Waals surface area (Å²) < 4.78 is 26.4. The fourth-order valence-corrected chi connectivity index (χ4v) is 4.30. The Morgan fingerprint density at radius 2 is 2.09 bits per heavy atom. The molecule has 0 spiro atoms. The van der Waals surface area contributed by atoms with Crippen molar-refractivity contribution in [3.05, 3.63) is 29.8 Å². The van der Waals surface area contributed by atoms with Crippen molar-refractivity contribution in [3.8, 4) is 0 Å². The van der Waals surface area contributed by atoms with E-state index < -0.39 is 10.0 Å². The summed E-state index contributed by atoms with van der Waals surface area (Å²) in [7, 11) is -3.55. The molecule has 1 aromatic rings. The van der Waals surface area contributed by atoms with E-state index in [1.54, 1.807) is 18.2 Å². The van der Waals surface area contributed by atoms with Gasteiger partial charge < -0.3 is 4.90 Å². The molecule has 2 aliphatic heterocycles. The van der Waals surface area contributed by atoms with Gasteiger partial charge in [0.2, 0.25) is 5.91 Å².